The summed E-state index contributed by atoms with van der Waals surface area (Å²) in [5, 5.41) is 3.68. The number of nitrogens with zero attached hydrogens (tertiary/aromatic N) is 2. The number of urea groups is 1. The van der Waals surface area contributed by atoms with E-state index >= 15 is 0 Å². The standard InChI is InChI=1S/C19H22ClN3O2/c1-25-18-4-2-3-17(13-18)21-19(24)23-11-9-22(10-12-23)14-15-5-7-16(20)8-6-15/h2-8,13H,9-12,14H2,1H3,(H,21,24). The van der Waals surface area contributed by atoms with Gasteiger partial charge in [0.25, 0.3) is 0 Å². The number of hydrogen-bond donors (Lipinski definition) is 1. The van der Waals surface area contributed by atoms with Gasteiger partial charge >= 0.3 is 6.03 Å². The Labute approximate surface area is 153 Å². The molecule has 0 aliphatic carbocycles. The lowest BCUT2D eigenvalue weighted by Crippen LogP contribution is -2.49. The lowest BCUT2D eigenvalue weighted by Gasteiger charge is -2.34. The van der Waals surface area contributed by atoms with E-state index in [0.717, 1.165) is 36.1 Å². The van der Waals surface area contributed by atoms with E-state index in [4.69, 9.17) is 16.3 Å². The summed E-state index contributed by atoms with van der Waals surface area (Å²) >= 11 is 5.92. The molecule has 0 spiro atoms. The third-order valence-corrected chi connectivity index (χ3v) is 4.55. The summed E-state index contributed by atoms with van der Waals surface area (Å²) in [6.07, 6.45) is 0. The van der Waals surface area contributed by atoms with Gasteiger partial charge in [0.15, 0.2) is 0 Å². The molecule has 0 atom stereocenters. The summed E-state index contributed by atoms with van der Waals surface area (Å²) in [6, 6.07) is 15.2. The first-order valence-corrected chi connectivity index (χ1v) is 8.68. The van der Waals surface area contributed by atoms with Crippen molar-refractivity contribution in [1.82, 2.24) is 9.80 Å². The molecule has 0 bridgehead atoms. The van der Waals surface area contributed by atoms with E-state index in [9.17, 15) is 4.79 Å². The van der Waals surface area contributed by atoms with Crippen molar-refractivity contribution >= 4 is 23.3 Å². The molecule has 1 fully saturated rings. The van der Waals surface area contributed by atoms with Gasteiger partial charge < -0.3 is 15.0 Å². The Balaban J connectivity index is 1.49. The van der Waals surface area contributed by atoms with Crippen LogP contribution in [-0.4, -0.2) is 49.1 Å². The Morgan fingerprint density at radius 1 is 1.12 bits per heavy atom. The van der Waals surface area contributed by atoms with E-state index in [1.165, 1.54) is 5.56 Å². The average Bonchev–Trinajstić information content (AvgIpc) is 2.64. The maximum atomic E-state index is 12.4. The molecule has 0 saturated carbocycles. The van der Waals surface area contributed by atoms with Gasteiger partial charge in [-0.2, -0.15) is 0 Å². The fourth-order valence-corrected chi connectivity index (χ4v) is 2.99. The van der Waals surface area contributed by atoms with E-state index in [2.05, 4.69) is 10.2 Å². The number of hydrogen-bond acceptors (Lipinski definition) is 3. The van der Waals surface area contributed by atoms with Gasteiger partial charge in [-0.3, -0.25) is 4.90 Å². The zero-order chi connectivity index (χ0) is 17.6. The molecular weight excluding hydrogens is 338 g/mol. The summed E-state index contributed by atoms with van der Waals surface area (Å²) in [4.78, 5) is 16.6. The lowest BCUT2D eigenvalue weighted by molar-refractivity contribution is 0.143. The summed E-state index contributed by atoms with van der Waals surface area (Å²) < 4.78 is 5.18. The zero-order valence-electron chi connectivity index (χ0n) is 14.2. The fraction of sp³-hybridized carbons (Fsp3) is 0.316. The van der Waals surface area contributed by atoms with E-state index < -0.39 is 0 Å². The van der Waals surface area contributed by atoms with Gasteiger partial charge in [-0.15, -0.1) is 0 Å². The molecule has 2 amide bonds. The van der Waals surface area contributed by atoms with Crippen LogP contribution in [0.5, 0.6) is 5.75 Å². The maximum Gasteiger partial charge on any atom is 0.321 e. The Morgan fingerprint density at radius 3 is 2.52 bits per heavy atom. The SMILES string of the molecule is COc1cccc(NC(=O)N2CCN(Cc3ccc(Cl)cc3)CC2)c1. The average molecular weight is 360 g/mol. The van der Waals surface area contributed by atoms with Gasteiger partial charge in [-0.05, 0) is 29.8 Å². The first-order valence-electron chi connectivity index (χ1n) is 8.31. The number of nitrogens with one attached hydrogen (secondary N) is 1. The van der Waals surface area contributed by atoms with Crippen molar-refractivity contribution in [3.05, 3.63) is 59.1 Å². The van der Waals surface area contributed by atoms with E-state index in [1.807, 2.05) is 53.4 Å². The van der Waals surface area contributed by atoms with Crippen LogP contribution in [-0.2, 0) is 6.54 Å². The second-order valence-electron chi connectivity index (χ2n) is 6.05. The monoisotopic (exact) mass is 359 g/mol. The maximum absolute atomic E-state index is 12.4. The molecule has 1 N–H and O–H groups in total. The van der Waals surface area contributed by atoms with Crippen molar-refractivity contribution in [2.45, 2.75) is 6.54 Å². The molecule has 5 nitrogen and oxygen atoms in total. The van der Waals surface area contributed by atoms with Gasteiger partial charge in [0.2, 0.25) is 0 Å². The number of amides is 2. The summed E-state index contributed by atoms with van der Waals surface area (Å²) in [7, 11) is 1.61. The third kappa shape index (κ3) is 4.87. The second kappa shape index (κ2) is 8.23. The molecular formula is C19H22ClN3O2. The first kappa shape index (κ1) is 17.6. The number of carbonyl (C=O) groups is 1. The fourth-order valence-electron chi connectivity index (χ4n) is 2.86. The van der Waals surface area contributed by atoms with Crippen LogP contribution in [0.25, 0.3) is 0 Å². The lowest BCUT2D eigenvalue weighted by atomic mass is 10.2. The highest BCUT2D eigenvalue weighted by Gasteiger charge is 2.21. The van der Waals surface area contributed by atoms with E-state index in [0.29, 0.717) is 13.1 Å². The Morgan fingerprint density at radius 2 is 1.84 bits per heavy atom. The van der Waals surface area contributed by atoms with Crippen LogP contribution >= 0.6 is 11.6 Å². The van der Waals surface area contributed by atoms with Crippen molar-refractivity contribution in [2.24, 2.45) is 0 Å². The highest BCUT2D eigenvalue weighted by atomic mass is 35.5. The van der Waals surface area contributed by atoms with Crippen molar-refractivity contribution in [1.29, 1.82) is 0 Å². The molecule has 1 heterocycles. The molecule has 1 saturated heterocycles. The predicted octanol–water partition coefficient (Wildman–Crippen LogP) is 3.70. The smallest absolute Gasteiger partial charge is 0.321 e. The number of rotatable bonds is 4. The normalized spacial score (nSPS) is 15.0. The molecule has 2 aromatic rings. The van der Waals surface area contributed by atoms with Crippen LogP contribution in [0, 0.1) is 0 Å². The predicted molar refractivity (Wildman–Crippen MR) is 100 cm³/mol. The molecule has 6 heteroatoms. The van der Waals surface area contributed by atoms with E-state index in [-0.39, 0.29) is 6.03 Å². The number of benzene rings is 2. The van der Waals surface area contributed by atoms with Gasteiger partial charge in [0.05, 0.1) is 7.11 Å². The topological polar surface area (TPSA) is 44.8 Å². The Kier molecular flexibility index (Phi) is 5.79. The van der Waals surface area contributed by atoms with Gasteiger partial charge in [-0.1, -0.05) is 29.8 Å². The minimum Gasteiger partial charge on any atom is -0.497 e. The molecule has 1 aliphatic rings. The number of anilines is 1. The molecule has 0 radical (unpaired) electrons. The van der Waals surface area contributed by atoms with Crippen molar-refractivity contribution in [2.75, 3.05) is 38.6 Å². The number of carbonyl (C=O) groups excluding carboxylic acids is 1. The van der Waals surface area contributed by atoms with Crippen molar-refractivity contribution < 1.29 is 9.53 Å². The number of piperazine rings is 1. The highest BCUT2D eigenvalue weighted by Crippen LogP contribution is 2.18. The van der Waals surface area contributed by atoms with Crippen LogP contribution in [0.15, 0.2) is 48.5 Å². The van der Waals surface area contributed by atoms with Gasteiger partial charge in [-0.25, -0.2) is 4.79 Å². The molecule has 2 aromatic carbocycles. The molecule has 0 aromatic heterocycles. The summed E-state index contributed by atoms with van der Waals surface area (Å²) in [5.74, 6) is 0.727. The summed E-state index contributed by atoms with van der Waals surface area (Å²) in [5.41, 5.74) is 1.98. The largest absolute Gasteiger partial charge is 0.497 e. The van der Waals surface area contributed by atoms with Crippen LogP contribution in [0.2, 0.25) is 5.02 Å². The van der Waals surface area contributed by atoms with Gasteiger partial charge in [0.1, 0.15) is 5.75 Å². The summed E-state index contributed by atoms with van der Waals surface area (Å²) in [6.45, 7) is 4.01. The number of ether oxygens (including phenoxy) is 1. The molecule has 3 rings (SSSR count). The van der Waals surface area contributed by atoms with Gasteiger partial charge in [0, 0.05) is 49.5 Å². The van der Waals surface area contributed by atoms with Crippen LogP contribution in [0.4, 0.5) is 10.5 Å². The minimum absolute atomic E-state index is 0.0700. The highest BCUT2D eigenvalue weighted by molar-refractivity contribution is 6.30. The third-order valence-electron chi connectivity index (χ3n) is 4.30. The Hall–Kier alpha value is -2.24. The van der Waals surface area contributed by atoms with Crippen molar-refractivity contribution in [3.8, 4) is 5.75 Å². The second-order valence-corrected chi connectivity index (χ2v) is 6.49. The number of methoxy groups -OCH3 is 1. The van der Waals surface area contributed by atoms with Crippen LogP contribution < -0.4 is 10.1 Å². The first-order chi connectivity index (χ1) is 12.1. The van der Waals surface area contributed by atoms with Crippen LogP contribution in [0.1, 0.15) is 5.56 Å². The zero-order valence-corrected chi connectivity index (χ0v) is 15.0. The molecule has 132 valence electrons. The molecule has 25 heavy (non-hydrogen) atoms. The number of halogens is 1. The molecule has 1 aliphatic heterocycles. The van der Waals surface area contributed by atoms with Crippen molar-refractivity contribution in [3.63, 3.8) is 0 Å². The Bertz CT molecular complexity index is 713. The molecule has 0 unspecified atom stereocenters. The quantitative estimate of drug-likeness (QED) is 0.905. The van der Waals surface area contributed by atoms with E-state index in [1.54, 1.807) is 7.11 Å². The van der Waals surface area contributed by atoms with Crippen LogP contribution in [0.3, 0.4) is 0 Å². The minimum atomic E-state index is -0.0700.